The van der Waals surface area contributed by atoms with Gasteiger partial charge in [0, 0.05) is 33.2 Å². The molecule has 0 fully saturated rings. The molecular formula is C51H33N5. The topological polar surface area (TPSA) is 46.8 Å². The molecule has 11 rings (SSSR count). The fourth-order valence-electron chi connectivity index (χ4n) is 8.13. The van der Waals surface area contributed by atoms with Crippen molar-refractivity contribution < 1.29 is 0 Å². The van der Waals surface area contributed by atoms with Gasteiger partial charge in [-0.1, -0.05) is 152 Å². The fourth-order valence-corrected chi connectivity index (χ4v) is 8.13. The number of hydrogen-bond donors (Lipinski definition) is 0. The smallest absolute Gasteiger partial charge is 0.164 e. The van der Waals surface area contributed by atoms with Crippen molar-refractivity contribution in [3.8, 4) is 62.1 Å². The molecule has 262 valence electrons. The molecule has 0 radical (unpaired) electrons. The van der Waals surface area contributed by atoms with Gasteiger partial charge in [-0.25, -0.2) is 15.0 Å². The molecule has 0 unspecified atom stereocenters. The maximum absolute atomic E-state index is 5.08. The van der Waals surface area contributed by atoms with Crippen LogP contribution in [-0.2, 0) is 0 Å². The molecule has 5 nitrogen and oxygen atoms in total. The van der Waals surface area contributed by atoms with Gasteiger partial charge >= 0.3 is 0 Å². The van der Waals surface area contributed by atoms with Crippen LogP contribution in [0.15, 0.2) is 200 Å². The third-order valence-electron chi connectivity index (χ3n) is 10.7. The third-order valence-corrected chi connectivity index (χ3v) is 10.7. The Morgan fingerprint density at radius 3 is 1.43 bits per heavy atom. The molecule has 0 N–H and O–H groups in total. The van der Waals surface area contributed by atoms with Crippen LogP contribution in [0.4, 0.5) is 17.1 Å². The molecule has 1 aliphatic heterocycles. The van der Waals surface area contributed by atoms with Crippen LogP contribution in [0.2, 0.25) is 0 Å². The molecule has 0 aliphatic carbocycles. The van der Waals surface area contributed by atoms with Crippen LogP contribution in [0.5, 0.6) is 0 Å². The first kappa shape index (κ1) is 31.9. The molecule has 0 spiro atoms. The van der Waals surface area contributed by atoms with Gasteiger partial charge in [-0.2, -0.15) is 0 Å². The summed E-state index contributed by atoms with van der Waals surface area (Å²) in [7, 11) is 0. The molecule has 10 aromatic rings. The van der Waals surface area contributed by atoms with Crippen LogP contribution in [0.1, 0.15) is 0 Å². The third kappa shape index (κ3) is 5.29. The molecule has 3 heterocycles. The van der Waals surface area contributed by atoms with Gasteiger partial charge in [-0.15, -0.1) is 0 Å². The minimum absolute atomic E-state index is 0.621. The van der Waals surface area contributed by atoms with Gasteiger partial charge < -0.3 is 9.47 Å². The number of hydrogen-bond acceptors (Lipinski definition) is 4. The second kappa shape index (κ2) is 13.0. The average molecular weight is 716 g/mol. The SMILES string of the molecule is c1ccc(-c2ccc3c(c2)c2cc(-c4ccccc4)cc4c2n3-c2ccccc2N4c2cccc(-c3nc(-c4ccccc4)nc(-c4ccccc4)n3)c2)cc1. The van der Waals surface area contributed by atoms with E-state index in [1.54, 1.807) is 0 Å². The highest BCUT2D eigenvalue weighted by atomic mass is 15.2. The Labute approximate surface area is 324 Å². The second-order valence-corrected chi connectivity index (χ2v) is 14.1. The Kier molecular flexibility index (Phi) is 7.42. The summed E-state index contributed by atoms with van der Waals surface area (Å²) in [6.07, 6.45) is 0. The molecule has 56 heavy (non-hydrogen) atoms. The lowest BCUT2D eigenvalue weighted by Crippen LogP contribution is -2.18. The zero-order valence-electron chi connectivity index (χ0n) is 30.3. The molecule has 0 saturated heterocycles. The van der Waals surface area contributed by atoms with Crippen molar-refractivity contribution in [1.29, 1.82) is 0 Å². The highest BCUT2D eigenvalue weighted by Crippen LogP contribution is 2.51. The maximum atomic E-state index is 5.08. The first-order valence-corrected chi connectivity index (χ1v) is 18.9. The molecular weight excluding hydrogens is 683 g/mol. The number of aromatic nitrogens is 4. The molecule has 0 saturated carbocycles. The van der Waals surface area contributed by atoms with E-state index in [4.69, 9.17) is 15.0 Å². The van der Waals surface area contributed by atoms with E-state index in [0.717, 1.165) is 45.0 Å². The van der Waals surface area contributed by atoms with Crippen molar-refractivity contribution in [3.05, 3.63) is 200 Å². The first-order valence-electron chi connectivity index (χ1n) is 18.9. The normalized spacial score (nSPS) is 11.9. The molecule has 2 aromatic heterocycles. The minimum atomic E-state index is 0.621. The van der Waals surface area contributed by atoms with Crippen molar-refractivity contribution in [3.63, 3.8) is 0 Å². The largest absolute Gasteiger partial charge is 0.306 e. The summed E-state index contributed by atoms with van der Waals surface area (Å²) in [6, 6.07) is 70.5. The van der Waals surface area contributed by atoms with Crippen LogP contribution < -0.4 is 4.90 Å². The van der Waals surface area contributed by atoms with E-state index >= 15 is 0 Å². The maximum Gasteiger partial charge on any atom is 0.164 e. The summed E-state index contributed by atoms with van der Waals surface area (Å²) in [4.78, 5) is 17.5. The second-order valence-electron chi connectivity index (χ2n) is 14.1. The van der Waals surface area contributed by atoms with Gasteiger partial charge in [0.1, 0.15) is 0 Å². The highest BCUT2D eigenvalue weighted by Gasteiger charge is 2.30. The Morgan fingerprint density at radius 1 is 0.304 bits per heavy atom. The van der Waals surface area contributed by atoms with Crippen LogP contribution in [-0.4, -0.2) is 19.5 Å². The van der Waals surface area contributed by atoms with E-state index in [1.165, 1.54) is 38.5 Å². The van der Waals surface area contributed by atoms with Crippen LogP contribution in [0.25, 0.3) is 83.9 Å². The summed E-state index contributed by atoms with van der Waals surface area (Å²) in [5, 5.41) is 2.43. The number of para-hydroxylation sites is 2. The lowest BCUT2D eigenvalue weighted by molar-refractivity contribution is 1.07. The zero-order chi connectivity index (χ0) is 37.0. The van der Waals surface area contributed by atoms with Crippen molar-refractivity contribution in [2.45, 2.75) is 0 Å². The van der Waals surface area contributed by atoms with Gasteiger partial charge in [-0.3, -0.25) is 0 Å². The van der Waals surface area contributed by atoms with Crippen LogP contribution in [0, 0.1) is 0 Å². The van der Waals surface area contributed by atoms with Crippen molar-refractivity contribution in [1.82, 2.24) is 19.5 Å². The highest BCUT2D eigenvalue weighted by molar-refractivity contribution is 6.18. The lowest BCUT2D eigenvalue weighted by atomic mass is 9.98. The van der Waals surface area contributed by atoms with E-state index in [0.29, 0.717) is 17.5 Å². The minimum Gasteiger partial charge on any atom is -0.306 e. The van der Waals surface area contributed by atoms with E-state index in [9.17, 15) is 0 Å². The molecule has 1 aliphatic rings. The predicted octanol–water partition coefficient (Wildman–Crippen LogP) is 13.1. The first-order chi connectivity index (χ1) is 27.8. The fraction of sp³-hybridized carbons (Fsp3) is 0. The summed E-state index contributed by atoms with van der Waals surface area (Å²) in [5.41, 5.74) is 14.2. The zero-order valence-corrected chi connectivity index (χ0v) is 30.3. The van der Waals surface area contributed by atoms with Crippen LogP contribution in [0.3, 0.4) is 0 Å². The van der Waals surface area contributed by atoms with E-state index < -0.39 is 0 Å². The summed E-state index contributed by atoms with van der Waals surface area (Å²) in [6.45, 7) is 0. The Bertz CT molecular complexity index is 3010. The molecule has 8 aromatic carbocycles. The summed E-state index contributed by atoms with van der Waals surface area (Å²) in [5.74, 6) is 1.90. The predicted molar refractivity (Wildman–Crippen MR) is 230 cm³/mol. The average Bonchev–Trinajstić information content (AvgIpc) is 3.62. The number of nitrogens with zero attached hydrogens (tertiary/aromatic N) is 5. The number of rotatable bonds is 6. The Morgan fingerprint density at radius 2 is 0.804 bits per heavy atom. The molecule has 0 bridgehead atoms. The van der Waals surface area contributed by atoms with Gasteiger partial charge in [-0.05, 0) is 70.8 Å². The van der Waals surface area contributed by atoms with Crippen molar-refractivity contribution in [2.24, 2.45) is 0 Å². The summed E-state index contributed by atoms with van der Waals surface area (Å²) >= 11 is 0. The van der Waals surface area contributed by atoms with E-state index in [2.05, 4.69) is 149 Å². The van der Waals surface area contributed by atoms with Gasteiger partial charge in [0.05, 0.1) is 28.1 Å². The van der Waals surface area contributed by atoms with E-state index in [1.807, 2.05) is 60.7 Å². The van der Waals surface area contributed by atoms with Crippen molar-refractivity contribution in [2.75, 3.05) is 4.90 Å². The van der Waals surface area contributed by atoms with Crippen LogP contribution >= 0.6 is 0 Å². The van der Waals surface area contributed by atoms with Crippen molar-refractivity contribution >= 4 is 38.9 Å². The molecule has 0 atom stereocenters. The number of fused-ring (bicyclic) bond motifs is 5. The lowest BCUT2D eigenvalue weighted by Gasteiger charge is -2.33. The monoisotopic (exact) mass is 715 g/mol. The van der Waals surface area contributed by atoms with Gasteiger partial charge in [0.25, 0.3) is 0 Å². The number of anilines is 3. The number of benzene rings is 8. The van der Waals surface area contributed by atoms with Gasteiger partial charge in [0.2, 0.25) is 0 Å². The van der Waals surface area contributed by atoms with Gasteiger partial charge in [0.15, 0.2) is 17.5 Å². The molecule has 5 heteroatoms. The quantitative estimate of drug-likeness (QED) is 0.172. The Hall–Kier alpha value is -7.63. The Balaban J connectivity index is 1.15. The van der Waals surface area contributed by atoms with E-state index in [-0.39, 0.29) is 0 Å². The molecule has 0 amide bonds. The summed E-state index contributed by atoms with van der Waals surface area (Å²) < 4.78 is 2.45. The standard InChI is InChI=1S/C51H33N5/c1-5-16-34(17-6-1)38-28-29-44-42(31-38)43-32-40(35-18-7-2-8-19-35)33-47-48(43)56(44)46-27-14-13-26-45(46)55(47)41-25-15-24-39(30-41)51-53-49(36-20-9-3-10-21-36)52-50(54-51)37-22-11-4-12-23-37/h1-33H.